The van der Waals surface area contributed by atoms with E-state index in [2.05, 4.69) is 10.3 Å². The molecule has 0 saturated carbocycles. The van der Waals surface area contributed by atoms with E-state index in [9.17, 15) is 9.59 Å². The van der Waals surface area contributed by atoms with Crippen LogP contribution in [0.2, 0.25) is 0 Å². The lowest BCUT2D eigenvalue weighted by molar-refractivity contribution is -0.122. The fraction of sp³-hybridized carbons (Fsp3) is 0.182. The van der Waals surface area contributed by atoms with Gasteiger partial charge in [0.2, 0.25) is 12.7 Å². The number of carbonyl (C=O) groups excluding carboxylic acids is 2. The van der Waals surface area contributed by atoms with E-state index in [-0.39, 0.29) is 25.0 Å². The number of amides is 2. The molecule has 1 saturated heterocycles. The fourth-order valence-electron chi connectivity index (χ4n) is 3.35. The number of nitrogens with one attached hydrogen (secondary N) is 1. The first kappa shape index (κ1) is 20.9. The summed E-state index contributed by atoms with van der Waals surface area (Å²) in [5.41, 5.74) is 1.70. The van der Waals surface area contributed by atoms with E-state index in [4.69, 9.17) is 21.7 Å². The molecule has 7 nitrogen and oxygen atoms in total. The minimum Gasteiger partial charge on any atom is -0.454 e. The van der Waals surface area contributed by atoms with Crippen LogP contribution in [-0.4, -0.2) is 39.4 Å². The number of anilines is 1. The molecule has 2 aliphatic heterocycles. The molecule has 162 valence electrons. The highest BCUT2D eigenvalue weighted by Gasteiger charge is 2.31. The van der Waals surface area contributed by atoms with Crippen molar-refractivity contribution >= 4 is 72.9 Å². The molecule has 2 amide bonds. The van der Waals surface area contributed by atoms with Crippen LogP contribution >= 0.6 is 35.3 Å². The maximum atomic E-state index is 12.8. The molecular formula is C22H17N3O4S3. The van der Waals surface area contributed by atoms with Gasteiger partial charge < -0.3 is 14.8 Å². The lowest BCUT2D eigenvalue weighted by Crippen LogP contribution is -2.29. The lowest BCUT2D eigenvalue weighted by atomic mass is 10.2. The van der Waals surface area contributed by atoms with Crippen molar-refractivity contribution in [3.63, 3.8) is 0 Å². The zero-order valence-corrected chi connectivity index (χ0v) is 19.1. The monoisotopic (exact) mass is 483 g/mol. The molecule has 0 atom stereocenters. The first-order chi connectivity index (χ1) is 15.6. The van der Waals surface area contributed by atoms with Gasteiger partial charge in [-0.05, 0) is 42.3 Å². The molecule has 2 aromatic carbocycles. The van der Waals surface area contributed by atoms with Crippen molar-refractivity contribution in [2.45, 2.75) is 12.8 Å². The summed E-state index contributed by atoms with van der Waals surface area (Å²) in [7, 11) is 0. The van der Waals surface area contributed by atoms with Crippen LogP contribution in [0.5, 0.6) is 11.5 Å². The van der Waals surface area contributed by atoms with Crippen LogP contribution < -0.4 is 14.8 Å². The molecule has 1 aromatic heterocycles. The van der Waals surface area contributed by atoms with Gasteiger partial charge in [0.05, 0.1) is 15.1 Å². The number of fused-ring (bicyclic) bond motifs is 2. The van der Waals surface area contributed by atoms with Gasteiger partial charge in [0.1, 0.15) is 4.32 Å². The number of nitrogens with zero attached hydrogens (tertiary/aromatic N) is 2. The maximum Gasteiger partial charge on any atom is 0.266 e. The number of hydrogen-bond donors (Lipinski definition) is 1. The first-order valence-corrected chi connectivity index (χ1v) is 11.9. The molecule has 0 unspecified atom stereocenters. The second kappa shape index (κ2) is 8.89. The van der Waals surface area contributed by atoms with Crippen LogP contribution in [0, 0.1) is 0 Å². The predicted octanol–water partition coefficient (Wildman–Crippen LogP) is 4.65. The Kier molecular flexibility index (Phi) is 5.81. The van der Waals surface area contributed by atoms with Crippen LogP contribution in [0.3, 0.4) is 0 Å². The van der Waals surface area contributed by atoms with E-state index in [0.717, 1.165) is 15.8 Å². The summed E-state index contributed by atoms with van der Waals surface area (Å²) in [6.45, 7) is 0.587. The number of rotatable bonds is 6. The molecule has 1 fully saturated rings. The third kappa shape index (κ3) is 4.34. The molecule has 5 rings (SSSR count). The number of thioether (sulfide) groups is 1. The van der Waals surface area contributed by atoms with Gasteiger partial charge in [-0.2, -0.15) is 0 Å². The minimum absolute atomic E-state index is 0.134. The molecule has 32 heavy (non-hydrogen) atoms. The standard InChI is InChI=1S/C22H17N3O4S3/c26-19(24-21-23-14-4-1-2-5-17(14)31-21)6-3-9-25-20(27)18(32-22(25)30)11-13-7-8-15-16(10-13)29-12-28-15/h1-2,4-5,7-8,10-11H,3,6,9,12H2,(H,23,24,26)/b18-11+. The van der Waals surface area contributed by atoms with E-state index < -0.39 is 0 Å². The highest BCUT2D eigenvalue weighted by Crippen LogP contribution is 2.36. The topological polar surface area (TPSA) is 80.8 Å². The summed E-state index contributed by atoms with van der Waals surface area (Å²) in [4.78, 5) is 31.6. The van der Waals surface area contributed by atoms with Gasteiger partial charge in [0, 0.05) is 13.0 Å². The normalized spacial score (nSPS) is 16.4. The summed E-state index contributed by atoms with van der Waals surface area (Å²) in [5, 5.41) is 3.41. The molecular weight excluding hydrogens is 466 g/mol. The smallest absolute Gasteiger partial charge is 0.266 e. The number of thiocarbonyl (C=S) groups is 1. The first-order valence-electron chi connectivity index (χ1n) is 9.87. The Labute approximate surface area is 197 Å². The minimum atomic E-state index is -0.149. The quantitative estimate of drug-likeness (QED) is 0.404. The molecule has 3 heterocycles. The lowest BCUT2D eigenvalue weighted by Gasteiger charge is -2.13. The van der Waals surface area contributed by atoms with Crippen molar-refractivity contribution < 1.29 is 19.1 Å². The number of thiazole rings is 1. The molecule has 0 spiro atoms. The number of para-hydroxylation sites is 1. The molecule has 0 aliphatic carbocycles. The van der Waals surface area contributed by atoms with Gasteiger partial charge in [-0.1, -0.05) is 53.5 Å². The Balaban J connectivity index is 1.16. The summed E-state index contributed by atoms with van der Waals surface area (Å²) in [6, 6.07) is 13.3. The molecule has 1 N–H and O–H groups in total. The average Bonchev–Trinajstić information content (AvgIpc) is 3.47. The number of benzene rings is 2. The largest absolute Gasteiger partial charge is 0.454 e. The van der Waals surface area contributed by atoms with E-state index >= 15 is 0 Å². The molecule has 2 aliphatic rings. The zero-order valence-electron chi connectivity index (χ0n) is 16.7. The van der Waals surface area contributed by atoms with Crippen molar-refractivity contribution in [1.29, 1.82) is 0 Å². The van der Waals surface area contributed by atoms with Crippen molar-refractivity contribution in [3.05, 3.63) is 52.9 Å². The highest BCUT2D eigenvalue weighted by molar-refractivity contribution is 8.26. The molecule has 3 aromatic rings. The van der Waals surface area contributed by atoms with Crippen molar-refractivity contribution in [1.82, 2.24) is 9.88 Å². The fourth-order valence-corrected chi connectivity index (χ4v) is 5.54. The van der Waals surface area contributed by atoms with Crippen molar-refractivity contribution in [3.8, 4) is 11.5 Å². The number of aromatic nitrogens is 1. The Morgan fingerprint density at radius 3 is 2.94 bits per heavy atom. The van der Waals surface area contributed by atoms with E-state index in [1.807, 2.05) is 42.5 Å². The Bertz CT molecular complexity index is 1240. The molecule has 0 bridgehead atoms. The van der Waals surface area contributed by atoms with Gasteiger partial charge in [-0.3, -0.25) is 14.5 Å². The van der Waals surface area contributed by atoms with E-state index in [0.29, 0.717) is 38.8 Å². The summed E-state index contributed by atoms with van der Waals surface area (Å²) >= 11 is 8.08. The third-order valence-corrected chi connectivity index (χ3v) is 7.22. The number of ether oxygens (including phenoxy) is 2. The second-order valence-electron chi connectivity index (χ2n) is 7.08. The molecule has 10 heteroatoms. The van der Waals surface area contributed by atoms with Gasteiger partial charge in [-0.15, -0.1) is 0 Å². The van der Waals surface area contributed by atoms with Crippen LogP contribution in [0.1, 0.15) is 18.4 Å². The third-order valence-electron chi connectivity index (χ3n) is 4.89. The van der Waals surface area contributed by atoms with Crippen molar-refractivity contribution in [2.24, 2.45) is 0 Å². The van der Waals surface area contributed by atoms with Crippen molar-refractivity contribution in [2.75, 3.05) is 18.7 Å². The zero-order chi connectivity index (χ0) is 22.1. The van der Waals surface area contributed by atoms with Crippen LogP contribution in [-0.2, 0) is 9.59 Å². The number of hydrogen-bond acceptors (Lipinski definition) is 8. The van der Waals surface area contributed by atoms with E-state index in [1.165, 1.54) is 23.1 Å². The van der Waals surface area contributed by atoms with Gasteiger partial charge in [0.15, 0.2) is 16.6 Å². The predicted molar refractivity (Wildman–Crippen MR) is 130 cm³/mol. The molecule has 0 radical (unpaired) electrons. The summed E-state index contributed by atoms with van der Waals surface area (Å²) < 4.78 is 12.2. The van der Waals surface area contributed by atoms with Gasteiger partial charge >= 0.3 is 0 Å². The number of carbonyl (C=O) groups is 2. The summed E-state index contributed by atoms with van der Waals surface area (Å²) in [6.07, 6.45) is 2.57. The highest BCUT2D eigenvalue weighted by atomic mass is 32.2. The SMILES string of the molecule is O=C(CCCN1C(=O)/C(=C\c2ccc3c(c2)OCO3)SC1=S)Nc1nc2ccccc2s1. The average molecular weight is 484 g/mol. The second-order valence-corrected chi connectivity index (χ2v) is 9.79. The van der Waals surface area contributed by atoms with Gasteiger partial charge in [-0.25, -0.2) is 4.98 Å². The summed E-state index contributed by atoms with van der Waals surface area (Å²) in [5.74, 6) is 1.07. The Morgan fingerprint density at radius 2 is 2.06 bits per heavy atom. The van der Waals surface area contributed by atoms with Gasteiger partial charge in [0.25, 0.3) is 5.91 Å². The Morgan fingerprint density at radius 1 is 1.22 bits per heavy atom. The van der Waals surface area contributed by atoms with Crippen LogP contribution in [0.25, 0.3) is 16.3 Å². The maximum absolute atomic E-state index is 12.8. The Hall–Kier alpha value is -2.95. The van der Waals surface area contributed by atoms with Crippen LogP contribution in [0.4, 0.5) is 5.13 Å². The van der Waals surface area contributed by atoms with Crippen LogP contribution in [0.15, 0.2) is 47.4 Å². The van der Waals surface area contributed by atoms with E-state index in [1.54, 1.807) is 11.0 Å².